The molecule has 0 aliphatic carbocycles. The van der Waals surface area contributed by atoms with Gasteiger partial charge in [0.1, 0.15) is 18.1 Å². The smallest absolute Gasteiger partial charge is 0.126 e. The fraction of sp³-hybridized carbons (Fsp3) is 0.333. The van der Waals surface area contributed by atoms with E-state index >= 15 is 0 Å². The molecule has 2 N–H and O–H groups in total. The molecule has 2 rings (SSSR count). The normalized spacial score (nSPS) is 12.2. The van der Waals surface area contributed by atoms with E-state index in [0.717, 1.165) is 23.5 Å². The van der Waals surface area contributed by atoms with Gasteiger partial charge in [-0.2, -0.15) is 0 Å². The van der Waals surface area contributed by atoms with Crippen LogP contribution in [0.15, 0.2) is 35.7 Å². The molecule has 0 spiro atoms. The molecule has 102 valence electrons. The lowest BCUT2D eigenvalue weighted by Gasteiger charge is -2.14. The number of rotatable bonds is 6. The molecule has 0 aliphatic heterocycles. The van der Waals surface area contributed by atoms with Crippen LogP contribution in [-0.4, -0.2) is 13.2 Å². The van der Waals surface area contributed by atoms with Crippen molar-refractivity contribution in [2.45, 2.75) is 26.0 Å². The van der Waals surface area contributed by atoms with Gasteiger partial charge in [-0.3, -0.25) is 0 Å². The molecule has 0 saturated carbocycles. The first-order chi connectivity index (χ1) is 9.19. The van der Waals surface area contributed by atoms with Crippen molar-refractivity contribution in [2.75, 3.05) is 7.11 Å². The van der Waals surface area contributed by atoms with Crippen LogP contribution in [-0.2, 0) is 13.0 Å². The van der Waals surface area contributed by atoms with Gasteiger partial charge in [-0.05, 0) is 36.4 Å². The van der Waals surface area contributed by atoms with Crippen molar-refractivity contribution >= 4 is 11.3 Å². The molecular weight excluding hydrogens is 258 g/mol. The van der Waals surface area contributed by atoms with E-state index in [4.69, 9.17) is 15.2 Å². The summed E-state index contributed by atoms with van der Waals surface area (Å²) >= 11 is 1.69. The molecular formula is C15H19NO2S. The highest BCUT2D eigenvalue weighted by atomic mass is 32.1. The summed E-state index contributed by atoms with van der Waals surface area (Å²) in [7, 11) is 1.66. The summed E-state index contributed by atoms with van der Waals surface area (Å²) in [5, 5.41) is 2.05. The SMILES string of the molecule is COc1ccc(CC(C)N)c(OCc2cccs2)c1. The Morgan fingerprint density at radius 1 is 1.32 bits per heavy atom. The Balaban J connectivity index is 2.14. The van der Waals surface area contributed by atoms with Gasteiger partial charge in [-0.15, -0.1) is 11.3 Å². The predicted molar refractivity (Wildman–Crippen MR) is 79.0 cm³/mol. The van der Waals surface area contributed by atoms with Crippen LogP contribution < -0.4 is 15.2 Å². The van der Waals surface area contributed by atoms with E-state index in [1.807, 2.05) is 36.6 Å². The first-order valence-corrected chi connectivity index (χ1v) is 7.14. The minimum atomic E-state index is 0.109. The lowest BCUT2D eigenvalue weighted by atomic mass is 10.1. The molecule has 0 aliphatic rings. The second-order valence-electron chi connectivity index (χ2n) is 4.52. The zero-order chi connectivity index (χ0) is 13.7. The van der Waals surface area contributed by atoms with Crippen LogP contribution in [0.4, 0.5) is 0 Å². The average Bonchev–Trinajstić information content (AvgIpc) is 2.90. The second kappa shape index (κ2) is 6.59. The summed E-state index contributed by atoms with van der Waals surface area (Å²) in [5.74, 6) is 1.65. The number of hydrogen-bond acceptors (Lipinski definition) is 4. The van der Waals surface area contributed by atoms with E-state index in [2.05, 4.69) is 6.07 Å². The summed E-state index contributed by atoms with van der Waals surface area (Å²) in [6.45, 7) is 2.57. The van der Waals surface area contributed by atoms with Gasteiger partial charge in [-0.1, -0.05) is 12.1 Å². The summed E-state index contributed by atoms with van der Waals surface area (Å²) < 4.78 is 11.1. The lowest BCUT2D eigenvalue weighted by Crippen LogP contribution is -2.18. The van der Waals surface area contributed by atoms with Gasteiger partial charge in [0.15, 0.2) is 0 Å². The minimum Gasteiger partial charge on any atom is -0.497 e. The number of nitrogens with two attached hydrogens (primary N) is 1. The molecule has 1 unspecified atom stereocenters. The minimum absolute atomic E-state index is 0.109. The summed E-state index contributed by atoms with van der Waals surface area (Å²) in [6.07, 6.45) is 0.795. The highest BCUT2D eigenvalue weighted by Gasteiger charge is 2.08. The molecule has 0 bridgehead atoms. The lowest BCUT2D eigenvalue weighted by molar-refractivity contribution is 0.303. The van der Waals surface area contributed by atoms with Crippen LogP contribution in [0.25, 0.3) is 0 Å². The van der Waals surface area contributed by atoms with E-state index in [1.165, 1.54) is 4.88 Å². The number of thiophene rings is 1. The molecule has 1 aromatic carbocycles. The second-order valence-corrected chi connectivity index (χ2v) is 5.56. The third kappa shape index (κ3) is 3.98. The molecule has 1 atom stereocenters. The third-order valence-corrected chi connectivity index (χ3v) is 3.62. The monoisotopic (exact) mass is 277 g/mol. The van der Waals surface area contributed by atoms with E-state index in [0.29, 0.717) is 6.61 Å². The molecule has 1 heterocycles. The van der Waals surface area contributed by atoms with Gasteiger partial charge in [0, 0.05) is 17.0 Å². The van der Waals surface area contributed by atoms with Crippen molar-refractivity contribution in [2.24, 2.45) is 5.73 Å². The summed E-state index contributed by atoms with van der Waals surface area (Å²) in [4.78, 5) is 1.20. The van der Waals surface area contributed by atoms with Gasteiger partial charge in [0.05, 0.1) is 7.11 Å². The molecule has 4 heteroatoms. The molecule has 2 aromatic rings. The van der Waals surface area contributed by atoms with Crippen LogP contribution in [0.3, 0.4) is 0 Å². The predicted octanol–water partition coefficient (Wildman–Crippen LogP) is 3.23. The Morgan fingerprint density at radius 2 is 2.16 bits per heavy atom. The quantitative estimate of drug-likeness (QED) is 0.881. The Bertz CT molecular complexity index is 509. The van der Waals surface area contributed by atoms with Gasteiger partial charge in [-0.25, -0.2) is 0 Å². The topological polar surface area (TPSA) is 44.5 Å². The molecule has 3 nitrogen and oxygen atoms in total. The largest absolute Gasteiger partial charge is 0.497 e. The van der Waals surface area contributed by atoms with Crippen LogP contribution in [0.2, 0.25) is 0 Å². The molecule has 0 amide bonds. The standard InChI is InChI=1S/C15H19NO2S/c1-11(16)8-12-5-6-13(17-2)9-15(12)18-10-14-4-3-7-19-14/h3-7,9,11H,8,10,16H2,1-2H3. The highest BCUT2D eigenvalue weighted by molar-refractivity contribution is 7.09. The first kappa shape index (κ1) is 13.9. The number of hydrogen-bond donors (Lipinski definition) is 1. The Hall–Kier alpha value is -1.52. The summed E-state index contributed by atoms with van der Waals surface area (Å²) in [6, 6.07) is 10.1. The number of benzene rings is 1. The Kier molecular flexibility index (Phi) is 4.82. The van der Waals surface area contributed by atoms with E-state index in [1.54, 1.807) is 18.4 Å². The molecule has 1 aromatic heterocycles. The van der Waals surface area contributed by atoms with Crippen molar-refractivity contribution in [1.29, 1.82) is 0 Å². The number of methoxy groups -OCH3 is 1. The summed E-state index contributed by atoms with van der Waals surface area (Å²) in [5.41, 5.74) is 6.99. The Labute approximate surface area is 118 Å². The van der Waals surface area contributed by atoms with Crippen molar-refractivity contribution in [3.8, 4) is 11.5 Å². The van der Waals surface area contributed by atoms with E-state index < -0.39 is 0 Å². The average molecular weight is 277 g/mol. The van der Waals surface area contributed by atoms with Crippen LogP contribution in [0.1, 0.15) is 17.4 Å². The molecule has 0 radical (unpaired) electrons. The van der Waals surface area contributed by atoms with Crippen molar-refractivity contribution in [3.05, 3.63) is 46.2 Å². The van der Waals surface area contributed by atoms with Crippen molar-refractivity contribution in [1.82, 2.24) is 0 Å². The highest BCUT2D eigenvalue weighted by Crippen LogP contribution is 2.27. The van der Waals surface area contributed by atoms with Gasteiger partial charge in [0.2, 0.25) is 0 Å². The van der Waals surface area contributed by atoms with Crippen LogP contribution in [0, 0.1) is 0 Å². The maximum absolute atomic E-state index is 5.90. The fourth-order valence-electron chi connectivity index (χ4n) is 1.86. The zero-order valence-electron chi connectivity index (χ0n) is 11.3. The molecule has 0 saturated heterocycles. The zero-order valence-corrected chi connectivity index (χ0v) is 12.1. The fourth-order valence-corrected chi connectivity index (χ4v) is 2.47. The number of ether oxygens (including phenoxy) is 2. The molecule has 0 fully saturated rings. The van der Waals surface area contributed by atoms with Gasteiger partial charge in [0.25, 0.3) is 0 Å². The van der Waals surface area contributed by atoms with E-state index in [-0.39, 0.29) is 6.04 Å². The van der Waals surface area contributed by atoms with Gasteiger partial charge >= 0.3 is 0 Å². The third-order valence-electron chi connectivity index (χ3n) is 2.77. The van der Waals surface area contributed by atoms with Crippen molar-refractivity contribution in [3.63, 3.8) is 0 Å². The van der Waals surface area contributed by atoms with Crippen LogP contribution >= 0.6 is 11.3 Å². The van der Waals surface area contributed by atoms with Crippen LogP contribution in [0.5, 0.6) is 11.5 Å². The van der Waals surface area contributed by atoms with E-state index in [9.17, 15) is 0 Å². The van der Waals surface area contributed by atoms with Gasteiger partial charge < -0.3 is 15.2 Å². The maximum Gasteiger partial charge on any atom is 0.126 e. The Morgan fingerprint density at radius 3 is 2.79 bits per heavy atom. The first-order valence-electron chi connectivity index (χ1n) is 6.26. The molecule has 19 heavy (non-hydrogen) atoms. The van der Waals surface area contributed by atoms with Crippen molar-refractivity contribution < 1.29 is 9.47 Å². The maximum atomic E-state index is 5.90.